The molecule has 1 saturated heterocycles. The molecule has 1 aliphatic rings. The predicted molar refractivity (Wildman–Crippen MR) is 62.0 cm³/mol. The van der Waals surface area contributed by atoms with E-state index < -0.39 is 0 Å². The highest BCUT2D eigenvalue weighted by Crippen LogP contribution is 2.08. The minimum absolute atomic E-state index is 0.0688. The fourth-order valence-electron chi connectivity index (χ4n) is 1.08. The van der Waals surface area contributed by atoms with Crippen LogP contribution in [-0.4, -0.2) is 23.0 Å². The normalized spacial score (nSPS) is 18.3. The summed E-state index contributed by atoms with van der Waals surface area (Å²) in [5, 5.41) is 10.6. The van der Waals surface area contributed by atoms with E-state index in [0.717, 1.165) is 5.56 Å². The molecule has 1 amide bonds. The van der Waals surface area contributed by atoms with E-state index in [4.69, 9.17) is 0 Å². The first-order valence-electron chi connectivity index (χ1n) is 4.53. The number of hydrogen-bond donors (Lipinski definition) is 1. The molecule has 0 aliphatic carbocycles. The van der Waals surface area contributed by atoms with E-state index in [1.807, 2.05) is 0 Å². The number of halogens is 1. The molecule has 4 nitrogen and oxygen atoms in total. The number of nitrogens with zero attached hydrogens (tertiary/aromatic N) is 2. The number of nitrogens with one attached hydrogen (secondary N) is 1. The van der Waals surface area contributed by atoms with Crippen molar-refractivity contribution >= 4 is 29.1 Å². The van der Waals surface area contributed by atoms with Crippen LogP contribution in [0.1, 0.15) is 5.56 Å². The molecule has 0 radical (unpaired) electrons. The minimum atomic E-state index is -0.290. The van der Waals surface area contributed by atoms with Gasteiger partial charge in [-0.05, 0) is 17.7 Å². The molecular weight excluding hydrogens is 229 g/mol. The average molecular weight is 237 g/mol. The third-order valence-electron chi connectivity index (χ3n) is 1.81. The fraction of sp³-hybridized carbons (Fsp3) is 0.100. The standard InChI is InChI=1S/C10H8FN3OS/c11-8-3-1-7(2-4-8)5-12-14-10-13-9(15)6-16-10/h1-5H,6H2,(H,13,14,15)/b12-5-. The van der Waals surface area contributed by atoms with Crippen molar-refractivity contribution in [1.82, 2.24) is 5.32 Å². The van der Waals surface area contributed by atoms with E-state index >= 15 is 0 Å². The van der Waals surface area contributed by atoms with Crippen LogP contribution in [0.15, 0.2) is 34.5 Å². The molecule has 0 spiro atoms. The van der Waals surface area contributed by atoms with Gasteiger partial charge in [0.2, 0.25) is 5.91 Å². The second kappa shape index (κ2) is 4.89. The quantitative estimate of drug-likeness (QED) is 0.624. The average Bonchev–Trinajstić information content (AvgIpc) is 2.67. The van der Waals surface area contributed by atoms with Gasteiger partial charge < -0.3 is 5.32 Å². The Labute approximate surface area is 95.6 Å². The Hall–Kier alpha value is -1.69. The lowest BCUT2D eigenvalue weighted by Crippen LogP contribution is -2.19. The first-order chi connectivity index (χ1) is 7.74. The van der Waals surface area contributed by atoms with Crippen LogP contribution in [0.5, 0.6) is 0 Å². The van der Waals surface area contributed by atoms with Gasteiger partial charge in [-0.15, -0.1) is 5.10 Å². The molecule has 0 saturated carbocycles. The maximum absolute atomic E-state index is 12.6. The van der Waals surface area contributed by atoms with E-state index in [2.05, 4.69) is 15.5 Å². The Balaban J connectivity index is 1.99. The van der Waals surface area contributed by atoms with Crippen LogP contribution >= 0.6 is 11.8 Å². The third-order valence-corrected chi connectivity index (χ3v) is 2.68. The van der Waals surface area contributed by atoms with Crippen molar-refractivity contribution in [2.45, 2.75) is 0 Å². The van der Waals surface area contributed by atoms with Crippen molar-refractivity contribution in [3.63, 3.8) is 0 Å². The van der Waals surface area contributed by atoms with Gasteiger partial charge in [-0.1, -0.05) is 23.9 Å². The van der Waals surface area contributed by atoms with Crippen molar-refractivity contribution in [2.75, 3.05) is 5.75 Å². The summed E-state index contributed by atoms with van der Waals surface area (Å²) in [5.41, 5.74) is 0.750. The molecule has 82 valence electrons. The number of thioether (sulfide) groups is 1. The van der Waals surface area contributed by atoms with Crippen LogP contribution in [0.3, 0.4) is 0 Å². The second-order valence-electron chi connectivity index (χ2n) is 3.04. The first kappa shape index (κ1) is 10.8. The number of hydrogen-bond acceptors (Lipinski definition) is 4. The zero-order valence-electron chi connectivity index (χ0n) is 8.18. The summed E-state index contributed by atoms with van der Waals surface area (Å²) in [6.45, 7) is 0. The van der Waals surface area contributed by atoms with E-state index in [-0.39, 0.29) is 11.7 Å². The number of amides is 1. The van der Waals surface area contributed by atoms with E-state index in [1.165, 1.54) is 30.1 Å². The van der Waals surface area contributed by atoms with Crippen LogP contribution in [0.25, 0.3) is 0 Å². The van der Waals surface area contributed by atoms with Gasteiger partial charge in [0.25, 0.3) is 0 Å². The van der Waals surface area contributed by atoms with Crippen LogP contribution in [0, 0.1) is 5.82 Å². The van der Waals surface area contributed by atoms with Crippen LogP contribution < -0.4 is 5.32 Å². The van der Waals surface area contributed by atoms with Crippen LogP contribution in [-0.2, 0) is 4.79 Å². The topological polar surface area (TPSA) is 53.8 Å². The lowest BCUT2D eigenvalue weighted by molar-refractivity contribution is -0.116. The highest BCUT2D eigenvalue weighted by Gasteiger charge is 2.15. The molecule has 1 aromatic carbocycles. The molecule has 2 rings (SSSR count). The highest BCUT2D eigenvalue weighted by atomic mass is 32.2. The number of rotatable bonds is 2. The fourth-order valence-corrected chi connectivity index (χ4v) is 1.71. The summed E-state index contributed by atoms with van der Waals surface area (Å²) < 4.78 is 12.6. The maximum Gasteiger partial charge on any atom is 0.236 e. The van der Waals surface area contributed by atoms with E-state index in [0.29, 0.717) is 10.9 Å². The van der Waals surface area contributed by atoms with Crippen LogP contribution in [0.4, 0.5) is 4.39 Å². The number of carbonyl (C=O) groups excluding carboxylic acids is 1. The Bertz CT molecular complexity index is 456. The molecule has 1 aromatic rings. The Morgan fingerprint density at radius 2 is 2.12 bits per heavy atom. The summed E-state index contributed by atoms with van der Waals surface area (Å²) >= 11 is 1.30. The molecule has 1 aliphatic heterocycles. The number of carbonyl (C=O) groups is 1. The molecule has 0 unspecified atom stereocenters. The molecule has 1 heterocycles. The third kappa shape index (κ3) is 2.90. The van der Waals surface area contributed by atoms with Crippen molar-refractivity contribution in [3.8, 4) is 0 Å². The SMILES string of the molecule is O=C1CSC(=N/N=C\c2ccc(F)cc2)N1. The molecule has 1 N–H and O–H groups in total. The molecule has 0 bridgehead atoms. The second-order valence-corrected chi connectivity index (χ2v) is 4.00. The molecule has 6 heteroatoms. The van der Waals surface area contributed by atoms with Crippen molar-refractivity contribution in [3.05, 3.63) is 35.6 Å². The number of benzene rings is 1. The molecule has 1 fully saturated rings. The van der Waals surface area contributed by atoms with E-state index in [1.54, 1.807) is 12.1 Å². The zero-order chi connectivity index (χ0) is 11.4. The zero-order valence-corrected chi connectivity index (χ0v) is 9.00. The lowest BCUT2D eigenvalue weighted by atomic mass is 10.2. The largest absolute Gasteiger partial charge is 0.303 e. The summed E-state index contributed by atoms with van der Waals surface area (Å²) in [6, 6.07) is 5.89. The predicted octanol–water partition coefficient (Wildman–Crippen LogP) is 1.38. The van der Waals surface area contributed by atoms with Gasteiger partial charge in [-0.2, -0.15) is 5.10 Å². The van der Waals surface area contributed by atoms with Crippen molar-refractivity contribution in [2.24, 2.45) is 10.2 Å². The Morgan fingerprint density at radius 1 is 1.38 bits per heavy atom. The maximum atomic E-state index is 12.6. The van der Waals surface area contributed by atoms with Gasteiger partial charge in [0.15, 0.2) is 5.17 Å². The highest BCUT2D eigenvalue weighted by molar-refractivity contribution is 8.15. The summed E-state index contributed by atoms with van der Waals surface area (Å²) in [5.74, 6) is 0.0214. The number of amidine groups is 1. The molecule has 0 atom stereocenters. The monoisotopic (exact) mass is 237 g/mol. The van der Waals surface area contributed by atoms with Gasteiger partial charge in [-0.25, -0.2) is 4.39 Å². The van der Waals surface area contributed by atoms with Gasteiger partial charge in [0.1, 0.15) is 5.82 Å². The van der Waals surface area contributed by atoms with Gasteiger partial charge in [0, 0.05) is 0 Å². The Morgan fingerprint density at radius 3 is 2.75 bits per heavy atom. The Kier molecular flexibility index (Phi) is 3.31. The van der Waals surface area contributed by atoms with Gasteiger partial charge in [-0.3, -0.25) is 4.79 Å². The van der Waals surface area contributed by atoms with Gasteiger partial charge >= 0.3 is 0 Å². The van der Waals surface area contributed by atoms with Crippen LogP contribution in [0.2, 0.25) is 0 Å². The molecule has 0 aromatic heterocycles. The minimum Gasteiger partial charge on any atom is -0.303 e. The molecule has 16 heavy (non-hydrogen) atoms. The lowest BCUT2D eigenvalue weighted by Gasteiger charge is -1.91. The summed E-state index contributed by atoms with van der Waals surface area (Å²) in [6.07, 6.45) is 1.50. The molecular formula is C10H8FN3OS. The van der Waals surface area contributed by atoms with Gasteiger partial charge in [0.05, 0.1) is 12.0 Å². The smallest absolute Gasteiger partial charge is 0.236 e. The van der Waals surface area contributed by atoms with Crippen molar-refractivity contribution < 1.29 is 9.18 Å². The van der Waals surface area contributed by atoms with E-state index in [9.17, 15) is 9.18 Å². The summed E-state index contributed by atoms with van der Waals surface area (Å²) in [4.78, 5) is 10.8. The summed E-state index contributed by atoms with van der Waals surface area (Å²) in [7, 11) is 0. The van der Waals surface area contributed by atoms with Crippen molar-refractivity contribution in [1.29, 1.82) is 0 Å². The first-order valence-corrected chi connectivity index (χ1v) is 5.52.